The van der Waals surface area contributed by atoms with Gasteiger partial charge in [0.25, 0.3) is 0 Å². The molecule has 232 valence electrons. The van der Waals surface area contributed by atoms with E-state index in [1.165, 1.54) is 26.0 Å². The van der Waals surface area contributed by atoms with E-state index >= 15 is 0 Å². The molecule has 3 rings (SSSR count). The summed E-state index contributed by atoms with van der Waals surface area (Å²) in [4.78, 5) is 12.2. The van der Waals surface area contributed by atoms with Crippen molar-refractivity contribution in [1.29, 1.82) is 0 Å². The predicted octanol–water partition coefficient (Wildman–Crippen LogP) is 5.68. The standard InChI is InChI=1S/C29H31ClF5N5O3/c1-14(2)19-6-7-20(26(32)25(19)31)17(10-36)11-38-12-23(41)27(43-24-13-42-15(24)3)28(39-16(4)37)40-22-9-18(30)5-8-21(22)29(33,34)35/h5-11,15,23-24,27,41H,1,12-13,36H2,2-4H3,(H2,37,39,40)/t15-,23+,24?,27?/m1/s1. The van der Waals surface area contributed by atoms with Crippen molar-refractivity contribution >= 4 is 46.3 Å². The Kier molecular flexibility index (Phi) is 11.2. The summed E-state index contributed by atoms with van der Waals surface area (Å²) in [6, 6.07) is 5.47. The van der Waals surface area contributed by atoms with Crippen LogP contribution >= 0.6 is 11.6 Å². The van der Waals surface area contributed by atoms with Crippen molar-refractivity contribution in [2.24, 2.45) is 26.4 Å². The molecular weight excluding hydrogens is 597 g/mol. The van der Waals surface area contributed by atoms with Crippen molar-refractivity contribution in [1.82, 2.24) is 0 Å². The van der Waals surface area contributed by atoms with Gasteiger partial charge in [-0.25, -0.2) is 18.8 Å². The number of allylic oxidation sites excluding steroid dienone is 2. The average molecular weight is 628 g/mol. The molecule has 5 N–H and O–H groups in total. The zero-order valence-electron chi connectivity index (χ0n) is 23.5. The molecule has 2 unspecified atom stereocenters. The van der Waals surface area contributed by atoms with Gasteiger partial charge in [0.2, 0.25) is 0 Å². The van der Waals surface area contributed by atoms with Crippen LogP contribution in [0.5, 0.6) is 0 Å². The number of benzene rings is 2. The number of nitrogens with two attached hydrogens (primary N) is 2. The lowest BCUT2D eigenvalue weighted by molar-refractivity contribution is -0.199. The number of aliphatic hydroxyl groups excluding tert-OH is 1. The zero-order valence-corrected chi connectivity index (χ0v) is 24.3. The molecule has 0 bridgehead atoms. The average Bonchev–Trinajstić information content (AvgIpc) is 2.91. The minimum atomic E-state index is -4.78. The van der Waals surface area contributed by atoms with Crippen LogP contribution in [-0.2, 0) is 15.7 Å². The van der Waals surface area contributed by atoms with Gasteiger partial charge in [-0.05, 0) is 44.5 Å². The summed E-state index contributed by atoms with van der Waals surface area (Å²) in [5.74, 6) is -2.75. The third-order valence-corrected chi connectivity index (χ3v) is 6.55. The van der Waals surface area contributed by atoms with Crippen LogP contribution in [0.4, 0.5) is 27.6 Å². The molecular formula is C29H31ClF5N5O3. The quantitative estimate of drug-likeness (QED) is 0.177. The Hall–Kier alpha value is -3.65. The summed E-state index contributed by atoms with van der Waals surface area (Å²) in [5, 5.41) is 11.1. The Morgan fingerprint density at radius 3 is 2.40 bits per heavy atom. The molecule has 1 heterocycles. The number of halogens is 6. The van der Waals surface area contributed by atoms with E-state index in [2.05, 4.69) is 21.6 Å². The van der Waals surface area contributed by atoms with Gasteiger partial charge in [0.05, 0.1) is 36.3 Å². The first-order valence-electron chi connectivity index (χ1n) is 12.9. The topological polar surface area (TPSA) is 128 Å². The molecule has 14 heteroatoms. The summed E-state index contributed by atoms with van der Waals surface area (Å²) < 4.78 is 81.8. The van der Waals surface area contributed by atoms with Gasteiger partial charge in [0, 0.05) is 34.1 Å². The highest BCUT2D eigenvalue weighted by Gasteiger charge is 2.38. The highest BCUT2D eigenvalue weighted by Crippen LogP contribution is 2.38. The van der Waals surface area contributed by atoms with E-state index in [1.54, 1.807) is 6.92 Å². The highest BCUT2D eigenvalue weighted by atomic mass is 35.5. The van der Waals surface area contributed by atoms with Crippen LogP contribution in [0.3, 0.4) is 0 Å². The van der Waals surface area contributed by atoms with Crippen LogP contribution in [0.15, 0.2) is 58.1 Å². The van der Waals surface area contributed by atoms with Gasteiger partial charge in [0.15, 0.2) is 17.5 Å². The Morgan fingerprint density at radius 2 is 1.86 bits per heavy atom. The van der Waals surface area contributed by atoms with Crippen molar-refractivity contribution < 1.29 is 36.5 Å². The van der Waals surface area contributed by atoms with Crippen LogP contribution in [0.25, 0.3) is 11.1 Å². The van der Waals surface area contributed by atoms with Gasteiger partial charge in [-0.3, -0.25) is 4.99 Å². The van der Waals surface area contributed by atoms with Crippen molar-refractivity contribution in [3.63, 3.8) is 0 Å². The Bertz CT molecular complexity index is 1470. The molecule has 0 spiro atoms. The lowest BCUT2D eigenvalue weighted by Crippen LogP contribution is -2.51. The van der Waals surface area contributed by atoms with Crippen LogP contribution in [0, 0.1) is 11.6 Å². The molecule has 1 aliphatic rings. The Balaban J connectivity index is 1.99. The van der Waals surface area contributed by atoms with Crippen molar-refractivity contribution in [2.75, 3.05) is 13.2 Å². The molecule has 0 aliphatic carbocycles. The second kappa shape index (κ2) is 14.2. The number of aliphatic imine (C=N–C) groups is 3. The van der Waals surface area contributed by atoms with Gasteiger partial charge in [-0.1, -0.05) is 30.3 Å². The fraction of sp³-hybridized carbons (Fsp3) is 0.345. The largest absolute Gasteiger partial charge is 0.418 e. The van der Waals surface area contributed by atoms with Gasteiger partial charge >= 0.3 is 6.18 Å². The maximum Gasteiger partial charge on any atom is 0.418 e. The fourth-order valence-corrected chi connectivity index (χ4v) is 4.15. The number of hydrogen-bond donors (Lipinski definition) is 3. The summed E-state index contributed by atoms with van der Waals surface area (Å²) in [5.41, 5.74) is 9.84. The van der Waals surface area contributed by atoms with E-state index in [9.17, 15) is 27.1 Å². The van der Waals surface area contributed by atoms with Crippen molar-refractivity contribution in [3.8, 4) is 0 Å². The van der Waals surface area contributed by atoms with Crippen molar-refractivity contribution in [2.45, 2.75) is 51.4 Å². The number of alkyl halides is 3. The number of hydrogen-bond acceptors (Lipinski definition) is 6. The molecule has 0 radical (unpaired) electrons. The van der Waals surface area contributed by atoms with Crippen LogP contribution in [0.1, 0.15) is 37.5 Å². The number of ether oxygens (including phenoxy) is 2. The second-order valence-corrected chi connectivity index (χ2v) is 10.2. The van der Waals surface area contributed by atoms with E-state index < -0.39 is 60.0 Å². The highest BCUT2D eigenvalue weighted by molar-refractivity contribution is 6.30. The molecule has 0 amide bonds. The number of aliphatic hydroxyl groups is 1. The molecule has 1 fully saturated rings. The molecule has 2 aromatic carbocycles. The third-order valence-electron chi connectivity index (χ3n) is 6.32. The van der Waals surface area contributed by atoms with E-state index in [1.807, 2.05) is 0 Å². The molecule has 4 atom stereocenters. The summed E-state index contributed by atoms with van der Waals surface area (Å²) in [6.07, 6.45) is -6.62. The molecule has 43 heavy (non-hydrogen) atoms. The van der Waals surface area contributed by atoms with Crippen LogP contribution in [0.2, 0.25) is 5.02 Å². The third kappa shape index (κ3) is 8.47. The normalized spacial score (nSPS) is 19.8. The SMILES string of the molecule is C=C(C)c1ccc(C(C=NC[C@H](O)C(OC2CO[C@@H]2C)C(N=C(C)N)=Nc2cc(Cl)ccc2C(F)(F)F)=CN)c(F)c1F. The van der Waals surface area contributed by atoms with Gasteiger partial charge in [-0.15, -0.1) is 0 Å². The fourth-order valence-electron chi connectivity index (χ4n) is 3.98. The first-order chi connectivity index (χ1) is 20.1. The minimum absolute atomic E-state index is 0.00451. The van der Waals surface area contributed by atoms with Gasteiger partial charge in [-0.2, -0.15) is 13.2 Å². The molecule has 8 nitrogen and oxygen atoms in total. The first kappa shape index (κ1) is 33.8. The van der Waals surface area contributed by atoms with E-state index in [-0.39, 0.29) is 40.0 Å². The van der Waals surface area contributed by atoms with Crippen LogP contribution in [-0.4, -0.2) is 60.6 Å². The lowest BCUT2D eigenvalue weighted by Gasteiger charge is -2.37. The molecule has 0 aromatic heterocycles. The minimum Gasteiger partial charge on any atom is -0.404 e. The Morgan fingerprint density at radius 1 is 1.21 bits per heavy atom. The number of nitrogens with zero attached hydrogens (tertiary/aromatic N) is 3. The second-order valence-electron chi connectivity index (χ2n) is 9.77. The number of amidine groups is 2. The predicted molar refractivity (Wildman–Crippen MR) is 158 cm³/mol. The summed E-state index contributed by atoms with van der Waals surface area (Å²) in [6.45, 7) is 7.93. The first-order valence-corrected chi connectivity index (χ1v) is 13.3. The van der Waals surface area contributed by atoms with Gasteiger partial charge in [0.1, 0.15) is 18.3 Å². The maximum atomic E-state index is 14.8. The monoisotopic (exact) mass is 627 g/mol. The number of rotatable bonds is 10. The van der Waals surface area contributed by atoms with E-state index in [4.69, 9.17) is 32.5 Å². The Labute approximate surface area is 250 Å². The zero-order chi connectivity index (χ0) is 32.1. The van der Waals surface area contributed by atoms with E-state index in [0.717, 1.165) is 30.6 Å². The smallest absolute Gasteiger partial charge is 0.404 e. The van der Waals surface area contributed by atoms with Crippen LogP contribution < -0.4 is 11.5 Å². The summed E-state index contributed by atoms with van der Waals surface area (Å²) in [7, 11) is 0. The molecule has 1 saturated heterocycles. The molecule has 1 aliphatic heterocycles. The van der Waals surface area contributed by atoms with E-state index in [0.29, 0.717) is 5.57 Å². The molecule has 0 saturated carbocycles. The lowest BCUT2D eigenvalue weighted by atomic mass is 10.0. The van der Waals surface area contributed by atoms with Crippen molar-refractivity contribution in [3.05, 3.63) is 76.5 Å². The maximum absolute atomic E-state index is 14.8. The molecule has 2 aromatic rings. The van der Waals surface area contributed by atoms with Gasteiger partial charge < -0.3 is 26.0 Å². The summed E-state index contributed by atoms with van der Waals surface area (Å²) >= 11 is 5.96.